The zero-order valence-corrected chi connectivity index (χ0v) is 11.2. The van der Waals surface area contributed by atoms with E-state index in [1.165, 1.54) is 0 Å². The number of rotatable bonds is 0. The third-order valence-corrected chi connectivity index (χ3v) is 3.70. The van der Waals surface area contributed by atoms with Gasteiger partial charge in [0, 0.05) is 5.39 Å². The lowest BCUT2D eigenvalue weighted by molar-refractivity contribution is 0.564. The second-order valence-electron chi connectivity index (χ2n) is 5.15. The molecule has 0 radical (unpaired) electrons. The van der Waals surface area contributed by atoms with Crippen LogP contribution >= 0.6 is 0 Å². The Morgan fingerprint density at radius 1 is 0.900 bits per heavy atom. The number of hydrogen-bond donors (Lipinski definition) is 0. The van der Waals surface area contributed by atoms with Crippen LogP contribution in [0.1, 0.15) is 11.1 Å². The molecule has 3 heteroatoms. The van der Waals surface area contributed by atoms with Crippen LogP contribution in [0.25, 0.3) is 32.9 Å². The first-order valence-electron chi connectivity index (χ1n) is 6.50. The van der Waals surface area contributed by atoms with Gasteiger partial charge in [-0.15, -0.1) is 0 Å². The minimum Gasteiger partial charge on any atom is -0.455 e. The average molecular weight is 264 g/mol. The van der Waals surface area contributed by atoms with E-state index in [1.807, 2.05) is 50.2 Å². The molecule has 0 fully saturated rings. The summed E-state index contributed by atoms with van der Waals surface area (Å²) in [5, 5.41) is 2.18. The molecule has 4 rings (SSSR count). The first-order chi connectivity index (χ1) is 9.65. The first-order valence-corrected chi connectivity index (χ1v) is 6.50. The second-order valence-corrected chi connectivity index (χ2v) is 5.15. The molecular formula is C17H12O3. The van der Waals surface area contributed by atoms with Crippen molar-refractivity contribution < 1.29 is 8.83 Å². The first kappa shape index (κ1) is 11.3. The summed E-state index contributed by atoms with van der Waals surface area (Å²) in [5.74, 6) is 0. The van der Waals surface area contributed by atoms with Crippen molar-refractivity contribution in [3.63, 3.8) is 0 Å². The summed E-state index contributed by atoms with van der Waals surface area (Å²) in [4.78, 5) is 12.3. The van der Waals surface area contributed by atoms with Gasteiger partial charge in [-0.2, -0.15) is 0 Å². The van der Waals surface area contributed by atoms with Crippen molar-refractivity contribution in [2.75, 3.05) is 0 Å². The maximum absolute atomic E-state index is 12.3. The van der Waals surface area contributed by atoms with Crippen LogP contribution < -0.4 is 5.63 Å². The Kier molecular flexibility index (Phi) is 2.11. The van der Waals surface area contributed by atoms with Crippen molar-refractivity contribution in [2.24, 2.45) is 0 Å². The van der Waals surface area contributed by atoms with Crippen LogP contribution in [0.3, 0.4) is 0 Å². The quantitative estimate of drug-likeness (QED) is 0.444. The highest BCUT2D eigenvalue weighted by Crippen LogP contribution is 2.32. The number of aryl methyl sites for hydroxylation is 2. The molecule has 0 N–H and O–H groups in total. The van der Waals surface area contributed by atoms with Crippen LogP contribution in [0.4, 0.5) is 0 Å². The highest BCUT2D eigenvalue weighted by atomic mass is 16.4. The van der Waals surface area contributed by atoms with E-state index in [4.69, 9.17) is 8.83 Å². The van der Waals surface area contributed by atoms with E-state index in [0.29, 0.717) is 16.6 Å². The minimum atomic E-state index is -0.343. The van der Waals surface area contributed by atoms with Gasteiger partial charge in [-0.3, -0.25) is 0 Å². The molecule has 2 heterocycles. The van der Waals surface area contributed by atoms with Crippen LogP contribution in [0.5, 0.6) is 0 Å². The smallest absolute Gasteiger partial charge is 0.348 e. The minimum absolute atomic E-state index is 0.343. The predicted molar refractivity (Wildman–Crippen MR) is 79.2 cm³/mol. The lowest BCUT2D eigenvalue weighted by atomic mass is 10.1. The summed E-state index contributed by atoms with van der Waals surface area (Å²) in [6.07, 6.45) is 0. The van der Waals surface area contributed by atoms with Crippen molar-refractivity contribution in [1.29, 1.82) is 0 Å². The van der Waals surface area contributed by atoms with Gasteiger partial charge in [0.2, 0.25) is 0 Å². The molecule has 3 nitrogen and oxygen atoms in total. The normalized spacial score (nSPS) is 11.7. The van der Waals surface area contributed by atoms with E-state index in [-0.39, 0.29) is 5.63 Å². The van der Waals surface area contributed by atoms with Crippen molar-refractivity contribution in [2.45, 2.75) is 13.8 Å². The third kappa shape index (κ3) is 1.37. The van der Waals surface area contributed by atoms with Gasteiger partial charge in [-0.05, 0) is 43.2 Å². The summed E-state index contributed by atoms with van der Waals surface area (Å²) < 4.78 is 11.4. The maximum atomic E-state index is 12.3. The van der Waals surface area contributed by atoms with Crippen molar-refractivity contribution >= 4 is 32.9 Å². The average Bonchev–Trinajstić information content (AvgIpc) is 2.79. The van der Waals surface area contributed by atoms with Gasteiger partial charge < -0.3 is 8.83 Å². The Morgan fingerprint density at radius 3 is 2.60 bits per heavy atom. The molecule has 0 atom stereocenters. The van der Waals surface area contributed by atoms with E-state index in [9.17, 15) is 4.79 Å². The van der Waals surface area contributed by atoms with Crippen molar-refractivity contribution in [3.8, 4) is 0 Å². The molecule has 0 amide bonds. The fourth-order valence-corrected chi connectivity index (χ4v) is 2.71. The number of hydrogen-bond acceptors (Lipinski definition) is 3. The molecule has 2 aromatic heterocycles. The van der Waals surface area contributed by atoms with Gasteiger partial charge in [0.05, 0.1) is 5.39 Å². The van der Waals surface area contributed by atoms with Crippen LogP contribution in [0, 0.1) is 13.8 Å². The molecule has 0 aliphatic heterocycles. The van der Waals surface area contributed by atoms with Crippen LogP contribution in [0.2, 0.25) is 0 Å². The van der Waals surface area contributed by atoms with Crippen molar-refractivity contribution in [3.05, 3.63) is 57.9 Å². The third-order valence-electron chi connectivity index (χ3n) is 3.70. The Hall–Kier alpha value is -2.55. The molecule has 0 bridgehead atoms. The molecule has 0 spiro atoms. The predicted octanol–water partition coefficient (Wildman–Crippen LogP) is 4.31. The molecule has 0 aliphatic carbocycles. The highest BCUT2D eigenvalue weighted by molar-refractivity contribution is 6.13. The van der Waals surface area contributed by atoms with Gasteiger partial charge in [0.15, 0.2) is 5.58 Å². The summed E-state index contributed by atoms with van der Waals surface area (Å²) in [6, 6.07) is 11.6. The van der Waals surface area contributed by atoms with Gasteiger partial charge >= 0.3 is 5.63 Å². The molecule has 98 valence electrons. The lowest BCUT2D eigenvalue weighted by Crippen LogP contribution is -1.98. The standard InChI is InChI=1S/C17H12O3/c1-9-6-7-11-13(8-9)19-16-12-5-3-4-10(2)15(12)20-17(18)14(11)16/h3-8H,1-2H3. The Balaban J connectivity index is 2.36. The van der Waals surface area contributed by atoms with Gasteiger partial charge in [0.25, 0.3) is 0 Å². The Bertz CT molecular complexity index is 1030. The van der Waals surface area contributed by atoms with Gasteiger partial charge in [-0.25, -0.2) is 4.79 Å². The summed E-state index contributed by atoms with van der Waals surface area (Å²) >= 11 is 0. The topological polar surface area (TPSA) is 43.4 Å². The number of para-hydroxylation sites is 1. The largest absolute Gasteiger partial charge is 0.455 e. The second kappa shape index (κ2) is 3.73. The Morgan fingerprint density at radius 2 is 1.75 bits per heavy atom. The molecule has 20 heavy (non-hydrogen) atoms. The Labute approximate surface area is 114 Å². The monoisotopic (exact) mass is 264 g/mol. The van der Waals surface area contributed by atoms with E-state index in [2.05, 4.69) is 0 Å². The molecule has 2 aromatic carbocycles. The number of furan rings is 1. The number of benzene rings is 2. The van der Waals surface area contributed by atoms with Crippen LogP contribution in [-0.2, 0) is 0 Å². The highest BCUT2D eigenvalue weighted by Gasteiger charge is 2.16. The zero-order chi connectivity index (χ0) is 13.9. The van der Waals surface area contributed by atoms with E-state index < -0.39 is 0 Å². The fraction of sp³-hybridized carbons (Fsp3) is 0.118. The van der Waals surface area contributed by atoms with Crippen molar-refractivity contribution in [1.82, 2.24) is 0 Å². The fourth-order valence-electron chi connectivity index (χ4n) is 2.71. The molecule has 0 aliphatic rings. The van der Waals surface area contributed by atoms with E-state index >= 15 is 0 Å². The van der Waals surface area contributed by atoms with Gasteiger partial charge in [0.1, 0.15) is 16.6 Å². The van der Waals surface area contributed by atoms with E-state index in [1.54, 1.807) is 0 Å². The van der Waals surface area contributed by atoms with Crippen LogP contribution in [0.15, 0.2) is 50.0 Å². The molecule has 0 saturated carbocycles. The molecule has 4 aromatic rings. The molecule has 0 unspecified atom stereocenters. The lowest BCUT2D eigenvalue weighted by Gasteiger charge is -1.99. The van der Waals surface area contributed by atoms with E-state index in [0.717, 1.165) is 27.5 Å². The SMILES string of the molecule is Cc1ccc2c(c1)oc1c3cccc(C)c3oc(=O)c21. The maximum Gasteiger partial charge on any atom is 0.348 e. The molecule has 0 saturated heterocycles. The van der Waals surface area contributed by atoms with Crippen LogP contribution in [-0.4, -0.2) is 0 Å². The molecular weight excluding hydrogens is 252 g/mol. The summed E-state index contributed by atoms with van der Waals surface area (Å²) in [5.41, 5.74) is 3.62. The number of fused-ring (bicyclic) bond motifs is 5. The van der Waals surface area contributed by atoms with Gasteiger partial charge in [-0.1, -0.05) is 18.2 Å². The summed E-state index contributed by atoms with van der Waals surface area (Å²) in [6.45, 7) is 3.92. The summed E-state index contributed by atoms with van der Waals surface area (Å²) in [7, 11) is 0. The zero-order valence-electron chi connectivity index (χ0n) is 11.2.